The number of pyridine rings is 1. The molecular formula is C14H19N3O. The molecule has 3 heterocycles. The first-order chi connectivity index (χ1) is 8.79. The van der Waals surface area contributed by atoms with E-state index in [0.717, 1.165) is 30.2 Å². The first-order valence-electron chi connectivity index (χ1n) is 6.61. The Hall–Kier alpha value is -1.55. The van der Waals surface area contributed by atoms with Crippen LogP contribution in [0.15, 0.2) is 24.4 Å². The highest BCUT2D eigenvalue weighted by Gasteiger charge is 2.22. The fourth-order valence-electron chi connectivity index (χ4n) is 2.82. The lowest BCUT2D eigenvalue weighted by atomic mass is 10.0. The lowest BCUT2D eigenvalue weighted by Crippen LogP contribution is -2.35. The maximum absolute atomic E-state index is 9.61. The van der Waals surface area contributed by atoms with E-state index in [1.807, 2.05) is 28.8 Å². The minimum absolute atomic E-state index is 0.0331. The fourth-order valence-corrected chi connectivity index (χ4v) is 2.82. The van der Waals surface area contributed by atoms with Crippen molar-refractivity contribution in [3.8, 4) is 0 Å². The molecule has 96 valence electrons. The van der Waals surface area contributed by atoms with Gasteiger partial charge in [-0.2, -0.15) is 0 Å². The lowest BCUT2D eigenvalue weighted by molar-refractivity contribution is 0.275. The number of fused-ring (bicyclic) bond motifs is 1. The minimum atomic E-state index is 0.0331. The molecule has 0 bridgehead atoms. The van der Waals surface area contributed by atoms with Crippen LogP contribution in [0.2, 0.25) is 0 Å². The average Bonchev–Trinajstić information content (AvgIpc) is 2.77. The zero-order chi connectivity index (χ0) is 12.5. The summed E-state index contributed by atoms with van der Waals surface area (Å²) < 4.78 is 1.98. The molecule has 0 radical (unpaired) electrons. The van der Waals surface area contributed by atoms with Crippen LogP contribution in [0.25, 0.3) is 5.65 Å². The first-order valence-corrected chi connectivity index (χ1v) is 6.61. The summed E-state index contributed by atoms with van der Waals surface area (Å²) in [6, 6.07) is 5.93. The van der Waals surface area contributed by atoms with Crippen molar-refractivity contribution in [2.75, 3.05) is 18.0 Å². The van der Waals surface area contributed by atoms with Crippen molar-refractivity contribution in [2.45, 2.75) is 26.4 Å². The molecule has 2 aromatic heterocycles. The van der Waals surface area contributed by atoms with Gasteiger partial charge < -0.3 is 10.0 Å². The van der Waals surface area contributed by atoms with Gasteiger partial charge in [-0.3, -0.25) is 4.40 Å². The molecule has 0 aliphatic carbocycles. The Balaban J connectivity index is 2.05. The standard InChI is InChI=1S/C14H19N3O/c1-11-5-4-7-16(9-11)14-12(10-18)17-8-3-2-6-13(17)15-14/h2-3,6,8,11,18H,4-5,7,9-10H2,1H3. The Morgan fingerprint density at radius 1 is 1.44 bits per heavy atom. The van der Waals surface area contributed by atoms with Crippen LogP contribution in [0.1, 0.15) is 25.5 Å². The van der Waals surface area contributed by atoms with Gasteiger partial charge in [-0.1, -0.05) is 13.0 Å². The van der Waals surface area contributed by atoms with Crippen LogP contribution >= 0.6 is 0 Å². The zero-order valence-electron chi connectivity index (χ0n) is 10.7. The van der Waals surface area contributed by atoms with Crippen LogP contribution in [0, 0.1) is 5.92 Å². The molecule has 0 aromatic carbocycles. The summed E-state index contributed by atoms with van der Waals surface area (Å²) in [5.74, 6) is 1.66. The highest BCUT2D eigenvalue weighted by Crippen LogP contribution is 2.26. The highest BCUT2D eigenvalue weighted by atomic mass is 16.3. The van der Waals surface area contributed by atoms with Gasteiger partial charge in [-0.15, -0.1) is 0 Å². The predicted octanol–water partition coefficient (Wildman–Crippen LogP) is 2.06. The Morgan fingerprint density at radius 2 is 2.33 bits per heavy atom. The number of hydrogen-bond donors (Lipinski definition) is 1. The maximum atomic E-state index is 9.61. The molecule has 18 heavy (non-hydrogen) atoms. The Bertz CT molecular complexity index is 549. The minimum Gasteiger partial charge on any atom is -0.390 e. The van der Waals surface area contributed by atoms with Gasteiger partial charge in [-0.05, 0) is 30.9 Å². The van der Waals surface area contributed by atoms with Crippen LogP contribution in [-0.4, -0.2) is 27.6 Å². The molecule has 2 aromatic rings. The number of aliphatic hydroxyl groups is 1. The van der Waals surface area contributed by atoms with Crippen molar-refractivity contribution in [1.29, 1.82) is 0 Å². The lowest BCUT2D eigenvalue weighted by Gasteiger charge is -2.31. The quantitative estimate of drug-likeness (QED) is 0.880. The molecule has 1 aliphatic rings. The normalized spacial score (nSPS) is 20.6. The van der Waals surface area contributed by atoms with Gasteiger partial charge in [0, 0.05) is 19.3 Å². The third-order valence-corrected chi connectivity index (χ3v) is 3.71. The molecule has 0 amide bonds. The second kappa shape index (κ2) is 4.61. The summed E-state index contributed by atoms with van der Waals surface area (Å²) in [6.07, 6.45) is 4.46. The maximum Gasteiger partial charge on any atom is 0.153 e. The van der Waals surface area contributed by atoms with E-state index in [4.69, 9.17) is 0 Å². The van der Waals surface area contributed by atoms with E-state index < -0.39 is 0 Å². The summed E-state index contributed by atoms with van der Waals surface area (Å²) in [6.45, 7) is 4.39. The van der Waals surface area contributed by atoms with Crippen LogP contribution in [0.3, 0.4) is 0 Å². The molecule has 1 saturated heterocycles. The van der Waals surface area contributed by atoms with Crippen molar-refractivity contribution in [3.05, 3.63) is 30.1 Å². The second-order valence-corrected chi connectivity index (χ2v) is 5.16. The van der Waals surface area contributed by atoms with E-state index >= 15 is 0 Å². The van der Waals surface area contributed by atoms with E-state index in [1.165, 1.54) is 12.8 Å². The number of piperidine rings is 1. The van der Waals surface area contributed by atoms with Gasteiger partial charge in [0.05, 0.1) is 12.3 Å². The molecule has 1 unspecified atom stereocenters. The third kappa shape index (κ3) is 1.86. The molecule has 1 atom stereocenters. The highest BCUT2D eigenvalue weighted by molar-refractivity contribution is 5.56. The molecule has 0 saturated carbocycles. The largest absolute Gasteiger partial charge is 0.390 e. The van der Waals surface area contributed by atoms with Gasteiger partial charge in [0.25, 0.3) is 0 Å². The molecule has 1 N–H and O–H groups in total. The zero-order valence-corrected chi connectivity index (χ0v) is 10.7. The number of rotatable bonds is 2. The van der Waals surface area contributed by atoms with Crippen LogP contribution < -0.4 is 4.90 Å². The molecule has 1 fully saturated rings. The average molecular weight is 245 g/mol. The van der Waals surface area contributed by atoms with E-state index in [2.05, 4.69) is 16.8 Å². The van der Waals surface area contributed by atoms with Gasteiger partial charge in [-0.25, -0.2) is 4.98 Å². The van der Waals surface area contributed by atoms with Crippen molar-refractivity contribution in [2.24, 2.45) is 5.92 Å². The van der Waals surface area contributed by atoms with E-state index in [1.54, 1.807) is 0 Å². The van der Waals surface area contributed by atoms with Gasteiger partial charge in [0.2, 0.25) is 0 Å². The van der Waals surface area contributed by atoms with Crippen LogP contribution in [0.5, 0.6) is 0 Å². The third-order valence-electron chi connectivity index (χ3n) is 3.71. The first kappa shape index (κ1) is 11.5. The topological polar surface area (TPSA) is 40.8 Å². The summed E-state index contributed by atoms with van der Waals surface area (Å²) in [7, 11) is 0. The Kier molecular flexibility index (Phi) is 2.96. The van der Waals surface area contributed by atoms with Crippen molar-refractivity contribution < 1.29 is 5.11 Å². The second-order valence-electron chi connectivity index (χ2n) is 5.16. The van der Waals surface area contributed by atoms with E-state index in [-0.39, 0.29) is 6.61 Å². The molecule has 4 heteroatoms. The van der Waals surface area contributed by atoms with Gasteiger partial charge in [0.15, 0.2) is 5.82 Å². The van der Waals surface area contributed by atoms with Crippen molar-refractivity contribution in [3.63, 3.8) is 0 Å². The number of aliphatic hydroxyl groups excluding tert-OH is 1. The van der Waals surface area contributed by atoms with Crippen molar-refractivity contribution in [1.82, 2.24) is 9.38 Å². The summed E-state index contributed by atoms with van der Waals surface area (Å²) in [5.41, 5.74) is 1.81. The number of imidazole rings is 1. The molecule has 4 nitrogen and oxygen atoms in total. The molecule has 1 aliphatic heterocycles. The van der Waals surface area contributed by atoms with Crippen LogP contribution in [0.4, 0.5) is 5.82 Å². The van der Waals surface area contributed by atoms with Gasteiger partial charge >= 0.3 is 0 Å². The SMILES string of the molecule is CC1CCCN(c2nc3ccccn3c2CO)C1. The van der Waals surface area contributed by atoms with E-state index in [9.17, 15) is 5.11 Å². The number of hydrogen-bond acceptors (Lipinski definition) is 3. The smallest absolute Gasteiger partial charge is 0.153 e. The number of anilines is 1. The van der Waals surface area contributed by atoms with Crippen molar-refractivity contribution >= 4 is 11.5 Å². The predicted molar refractivity (Wildman–Crippen MR) is 71.7 cm³/mol. The molecule has 3 rings (SSSR count). The Morgan fingerprint density at radius 3 is 3.11 bits per heavy atom. The summed E-state index contributed by atoms with van der Waals surface area (Å²) in [5, 5.41) is 9.61. The monoisotopic (exact) mass is 245 g/mol. The summed E-state index contributed by atoms with van der Waals surface area (Å²) >= 11 is 0. The van der Waals surface area contributed by atoms with Gasteiger partial charge in [0.1, 0.15) is 5.65 Å². The fraction of sp³-hybridized carbons (Fsp3) is 0.500. The Labute approximate surface area is 107 Å². The number of aromatic nitrogens is 2. The van der Waals surface area contributed by atoms with Crippen LogP contribution in [-0.2, 0) is 6.61 Å². The number of nitrogens with zero attached hydrogens (tertiary/aromatic N) is 3. The summed E-state index contributed by atoms with van der Waals surface area (Å²) in [4.78, 5) is 6.98. The molecule has 0 spiro atoms. The van der Waals surface area contributed by atoms with E-state index in [0.29, 0.717) is 5.92 Å². The molecular weight excluding hydrogens is 226 g/mol.